The van der Waals surface area contributed by atoms with Crippen LogP contribution in [0.15, 0.2) is 33.6 Å². The maximum absolute atomic E-state index is 5.62. The summed E-state index contributed by atoms with van der Waals surface area (Å²) >= 11 is 6.81. The van der Waals surface area contributed by atoms with Crippen molar-refractivity contribution < 1.29 is 4.74 Å². The van der Waals surface area contributed by atoms with Gasteiger partial charge in [-0.1, -0.05) is 0 Å². The molecule has 2 rings (SSSR count). The first-order valence-corrected chi connectivity index (χ1v) is 6.88. The van der Waals surface area contributed by atoms with Crippen LogP contribution in [-0.4, -0.2) is 22.1 Å². The van der Waals surface area contributed by atoms with Gasteiger partial charge in [0.2, 0.25) is 5.88 Å². The number of pyridine rings is 1. The molecule has 0 aliphatic heterocycles. The molecule has 0 aromatic carbocycles. The molecule has 2 heterocycles. The van der Waals surface area contributed by atoms with Crippen molar-refractivity contribution >= 4 is 31.9 Å². The number of nitrogens with zero attached hydrogens (tertiary/aromatic N) is 3. The molecule has 19 heavy (non-hydrogen) atoms. The van der Waals surface area contributed by atoms with Crippen molar-refractivity contribution in [1.82, 2.24) is 20.4 Å². The first kappa shape index (κ1) is 14.3. The average Bonchev–Trinajstić information content (AvgIpc) is 2.42. The molecule has 0 aliphatic rings. The van der Waals surface area contributed by atoms with E-state index in [1.165, 1.54) is 7.11 Å². The molecule has 0 saturated carbocycles. The molecule has 2 aromatic heterocycles. The van der Waals surface area contributed by atoms with Gasteiger partial charge in [0, 0.05) is 27.5 Å². The fraction of sp³-hybridized carbons (Fsp3) is 0.182. The third-order valence-electron chi connectivity index (χ3n) is 2.43. The number of hydrogen-bond donors (Lipinski definition) is 2. The fourth-order valence-electron chi connectivity index (χ4n) is 1.62. The minimum absolute atomic E-state index is 0.405. The Hall–Kier alpha value is -1.09. The number of aromatic nitrogens is 3. The summed E-state index contributed by atoms with van der Waals surface area (Å²) in [6.07, 6.45) is 4.82. The lowest BCUT2D eigenvalue weighted by molar-refractivity contribution is 0.382. The third-order valence-corrected chi connectivity index (χ3v) is 3.50. The van der Waals surface area contributed by atoms with Gasteiger partial charge in [0.15, 0.2) is 0 Å². The van der Waals surface area contributed by atoms with Gasteiger partial charge in [-0.05, 0) is 37.9 Å². The van der Waals surface area contributed by atoms with E-state index in [-0.39, 0.29) is 0 Å². The Morgan fingerprint density at radius 2 is 1.95 bits per heavy atom. The molecule has 0 aliphatic carbocycles. The number of rotatable bonds is 4. The number of nitrogens with one attached hydrogen (secondary N) is 1. The Morgan fingerprint density at radius 3 is 2.58 bits per heavy atom. The van der Waals surface area contributed by atoms with Crippen molar-refractivity contribution in [1.29, 1.82) is 0 Å². The van der Waals surface area contributed by atoms with Gasteiger partial charge in [-0.15, -0.1) is 0 Å². The number of halogens is 2. The van der Waals surface area contributed by atoms with Gasteiger partial charge >= 0.3 is 0 Å². The van der Waals surface area contributed by atoms with E-state index in [9.17, 15) is 0 Å². The first-order valence-electron chi connectivity index (χ1n) is 5.29. The Bertz CT molecular complexity index is 581. The van der Waals surface area contributed by atoms with Gasteiger partial charge < -0.3 is 4.74 Å². The molecular formula is C11H11Br2N5O. The van der Waals surface area contributed by atoms with Crippen molar-refractivity contribution in [2.45, 2.75) is 6.04 Å². The largest absolute Gasteiger partial charge is 0.480 e. The molecule has 0 amide bonds. The SMILES string of the molecule is COc1nccnc1C(NN)c1ncc(Br)cc1Br. The molecule has 6 nitrogen and oxygen atoms in total. The molecule has 0 fully saturated rings. The molecule has 0 radical (unpaired) electrons. The highest BCUT2D eigenvalue weighted by Gasteiger charge is 2.23. The van der Waals surface area contributed by atoms with Gasteiger partial charge in [0.1, 0.15) is 11.7 Å². The zero-order valence-corrected chi connectivity index (χ0v) is 13.1. The third kappa shape index (κ3) is 3.08. The predicted molar refractivity (Wildman–Crippen MR) is 77.4 cm³/mol. The van der Waals surface area contributed by atoms with Crippen molar-refractivity contribution in [2.75, 3.05) is 7.11 Å². The lowest BCUT2D eigenvalue weighted by Crippen LogP contribution is -2.31. The summed E-state index contributed by atoms with van der Waals surface area (Å²) in [5.74, 6) is 6.03. The van der Waals surface area contributed by atoms with Gasteiger partial charge in [-0.2, -0.15) is 0 Å². The summed E-state index contributed by atoms with van der Waals surface area (Å²) in [5, 5.41) is 0. The molecule has 3 N–H and O–H groups in total. The molecule has 1 atom stereocenters. The second kappa shape index (κ2) is 6.38. The van der Waals surface area contributed by atoms with Crippen LogP contribution in [0.2, 0.25) is 0 Å². The zero-order valence-electron chi connectivity index (χ0n) is 9.97. The highest BCUT2D eigenvalue weighted by molar-refractivity contribution is 9.11. The van der Waals surface area contributed by atoms with Gasteiger partial charge in [0.25, 0.3) is 0 Å². The van der Waals surface area contributed by atoms with Crippen LogP contribution >= 0.6 is 31.9 Å². The lowest BCUT2D eigenvalue weighted by Gasteiger charge is -2.17. The number of methoxy groups -OCH3 is 1. The van der Waals surface area contributed by atoms with Crippen molar-refractivity contribution in [3.8, 4) is 5.88 Å². The van der Waals surface area contributed by atoms with E-state index >= 15 is 0 Å². The van der Waals surface area contributed by atoms with Crippen LogP contribution in [-0.2, 0) is 0 Å². The van der Waals surface area contributed by atoms with Crippen LogP contribution < -0.4 is 16.0 Å². The van der Waals surface area contributed by atoms with E-state index in [2.05, 4.69) is 52.2 Å². The molecule has 100 valence electrons. The monoisotopic (exact) mass is 387 g/mol. The lowest BCUT2D eigenvalue weighted by atomic mass is 10.1. The van der Waals surface area contributed by atoms with E-state index in [1.807, 2.05) is 6.07 Å². The zero-order chi connectivity index (χ0) is 13.8. The Morgan fingerprint density at radius 1 is 1.21 bits per heavy atom. The maximum atomic E-state index is 5.62. The van der Waals surface area contributed by atoms with Crippen LogP contribution in [0.3, 0.4) is 0 Å². The molecular weight excluding hydrogens is 378 g/mol. The van der Waals surface area contributed by atoms with E-state index in [0.29, 0.717) is 17.3 Å². The number of nitrogens with two attached hydrogens (primary N) is 1. The Kier molecular flexibility index (Phi) is 4.81. The summed E-state index contributed by atoms with van der Waals surface area (Å²) < 4.78 is 6.86. The normalized spacial score (nSPS) is 12.2. The number of ether oxygens (including phenoxy) is 1. The Labute approximate surface area is 127 Å². The van der Waals surface area contributed by atoms with Gasteiger partial charge in [-0.25, -0.2) is 10.4 Å². The number of hydrazine groups is 1. The standard InChI is InChI=1S/C11H11Br2N5O/c1-19-11-10(15-2-3-16-11)9(18-14)8-7(13)4-6(12)5-17-8/h2-5,9,18H,14H2,1H3. The topological polar surface area (TPSA) is 86.0 Å². The van der Waals surface area contributed by atoms with E-state index in [0.717, 1.165) is 8.95 Å². The van der Waals surface area contributed by atoms with Gasteiger partial charge in [0.05, 0.1) is 12.8 Å². The second-order valence-electron chi connectivity index (χ2n) is 3.57. The highest BCUT2D eigenvalue weighted by atomic mass is 79.9. The summed E-state index contributed by atoms with van der Waals surface area (Å²) in [7, 11) is 1.53. The van der Waals surface area contributed by atoms with Crippen LogP contribution in [0.4, 0.5) is 0 Å². The van der Waals surface area contributed by atoms with Crippen molar-refractivity contribution in [3.05, 3.63) is 45.0 Å². The molecule has 0 spiro atoms. The highest BCUT2D eigenvalue weighted by Crippen LogP contribution is 2.30. The average molecular weight is 389 g/mol. The van der Waals surface area contributed by atoms with E-state index < -0.39 is 6.04 Å². The summed E-state index contributed by atoms with van der Waals surface area (Å²) in [5.41, 5.74) is 3.95. The van der Waals surface area contributed by atoms with E-state index in [4.69, 9.17) is 10.6 Å². The molecule has 0 bridgehead atoms. The molecule has 0 saturated heterocycles. The summed E-state index contributed by atoms with van der Waals surface area (Å²) in [6, 6.07) is 1.46. The first-order chi connectivity index (χ1) is 9.17. The van der Waals surface area contributed by atoms with Crippen LogP contribution in [0, 0.1) is 0 Å². The number of hydrogen-bond acceptors (Lipinski definition) is 6. The maximum Gasteiger partial charge on any atom is 0.237 e. The minimum Gasteiger partial charge on any atom is -0.480 e. The Balaban J connectivity index is 2.50. The second-order valence-corrected chi connectivity index (χ2v) is 5.34. The minimum atomic E-state index is -0.425. The quantitative estimate of drug-likeness (QED) is 0.615. The van der Waals surface area contributed by atoms with Crippen LogP contribution in [0.25, 0.3) is 0 Å². The van der Waals surface area contributed by atoms with E-state index in [1.54, 1.807) is 18.6 Å². The van der Waals surface area contributed by atoms with Crippen molar-refractivity contribution in [2.24, 2.45) is 5.84 Å². The van der Waals surface area contributed by atoms with Crippen molar-refractivity contribution in [3.63, 3.8) is 0 Å². The van der Waals surface area contributed by atoms with Crippen LogP contribution in [0.5, 0.6) is 5.88 Å². The summed E-state index contributed by atoms with van der Waals surface area (Å²) in [6.45, 7) is 0. The van der Waals surface area contributed by atoms with Crippen LogP contribution in [0.1, 0.15) is 17.4 Å². The predicted octanol–water partition coefficient (Wildman–Crippen LogP) is 1.96. The van der Waals surface area contributed by atoms with Gasteiger partial charge in [-0.3, -0.25) is 15.8 Å². The fourth-order valence-corrected chi connectivity index (χ4v) is 2.83. The molecule has 2 aromatic rings. The summed E-state index contributed by atoms with van der Waals surface area (Å²) in [4.78, 5) is 12.7. The smallest absolute Gasteiger partial charge is 0.237 e. The molecule has 1 unspecified atom stereocenters. The molecule has 8 heteroatoms.